The number of amides is 2. The van der Waals surface area contributed by atoms with Crippen molar-refractivity contribution < 1.29 is 19.1 Å². The van der Waals surface area contributed by atoms with Crippen molar-refractivity contribution in [3.05, 3.63) is 23.8 Å². The average molecular weight is 475 g/mol. The second kappa shape index (κ2) is 10.6. The number of benzene rings is 1. The van der Waals surface area contributed by atoms with Crippen LogP contribution < -0.4 is 15.4 Å². The molecule has 1 aromatic rings. The Labute approximate surface area is 199 Å². The van der Waals surface area contributed by atoms with E-state index in [4.69, 9.17) is 26.3 Å². The standard InChI is InChI=1S/C24H31ClN4O4/c1-32-21-11-18(5-4-15(21)13-26)27-14-17-9-16-10-19(25)22(12-20(16)28-24(17)31)33-8-7-29-6-2-3-23(29)30/h4-5,11,16-17,19-20,22,27H,2-3,6-10,12,14H2,1H3,(H,28,31). The lowest BCUT2D eigenvalue weighted by molar-refractivity contribution is -0.132. The van der Waals surface area contributed by atoms with Gasteiger partial charge in [-0.25, -0.2) is 0 Å². The molecule has 2 N–H and O–H groups in total. The van der Waals surface area contributed by atoms with Gasteiger partial charge in [0.2, 0.25) is 11.8 Å². The number of halogens is 1. The molecule has 4 rings (SSSR count). The van der Waals surface area contributed by atoms with E-state index in [1.807, 2.05) is 11.0 Å². The van der Waals surface area contributed by atoms with Gasteiger partial charge in [-0.05, 0) is 43.7 Å². The van der Waals surface area contributed by atoms with Crippen LogP contribution in [0.3, 0.4) is 0 Å². The fourth-order valence-electron chi connectivity index (χ4n) is 5.14. The summed E-state index contributed by atoms with van der Waals surface area (Å²) < 4.78 is 11.3. The van der Waals surface area contributed by atoms with E-state index >= 15 is 0 Å². The fourth-order valence-corrected chi connectivity index (χ4v) is 5.55. The van der Waals surface area contributed by atoms with Gasteiger partial charge in [-0.3, -0.25) is 9.59 Å². The summed E-state index contributed by atoms with van der Waals surface area (Å²) in [6.07, 6.45) is 3.70. The maximum absolute atomic E-state index is 12.8. The van der Waals surface area contributed by atoms with Crippen LogP contribution in [-0.4, -0.2) is 67.6 Å². The van der Waals surface area contributed by atoms with Crippen LogP contribution in [0.1, 0.15) is 37.7 Å². The van der Waals surface area contributed by atoms with Crippen LogP contribution in [0.5, 0.6) is 5.75 Å². The van der Waals surface area contributed by atoms with Crippen molar-refractivity contribution in [2.24, 2.45) is 11.8 Å². The summed E-state index contributed by atoms with van der Waals surface area (Å²) in [4.78, 5) is 26.4. The van der Waals surface area contributed by atoms with Gasteiger partial charge < -0.3 is 25.0 Å². The number of nitrogens with zero attached hydrogens (tertiary/aromatic N) is 2. The number of carbonyl (C=O) groups excluding carboxylic acids is 2. The van der Waals surface area contributed by atoms with Gasteiger partial charge in [-0.15, -0.1) is 11.6 Å². The van der Waals surface area contributed by atoms with Crippen molar-refractivity contribution in [3.63, 3.8) is 0 Å². The largest absolute Gasteiger partial charge is 0.495 e. The van der Waals surface area contributed by atoms with E-state index in [2.05, 4.69) is 16.7 Å². The summed E-state index contributed by atoms with van der Waals surface area (Å²) in [7, 11) is 1.53. The van der Waals surface area contributed by atoms with Crippen LogP contribution in [0, 0.1) is 23.2 Å². The van der Waals surface area contributed by atoms with Crippen LogP contribution in [0.4, 0.5) is 5.69 Å². The molecule has 1 saturated carbocycles. The number of nitriles is 1. The first kappa shape index (κ1) is 23.7. The maximum Gasteiger partial charge on any atom is 0.225 e. The molecule has 2 amide bonds. The van der Waals surface area contributed by atoms with Gasteiger partial charge in [-0.2, -0.15) is 5.26 Å². The molecule has 2 heterocycles. The van der Waals surface area contributed by atoms with Crippen molar-refractivity contribution in [1.29, 1.82) is 5.26 Å². The number of hydrogen-bond acceptors (Lipinski definition) is 6. The van der Waals surface area contributed by atoms with Crippen LogP contribution in [0.25, 0.3) is 0 Å². The highest BCUT2D eigenvalue weighted by atomic mass is 35.5. The van der Waals surface area contributed by atoms with Crippen molar-refractivity contribution >= 4 is 29.1 Å². The minimum atomic E-state index is -0.157. The normalized spacial score (nSPS) is 29.2. The summed E-state index contributed by atoms with van der Waals surface area (Å²) in [6.45, 7) is 2.39. The Kier molecular flexibility index (Phi) is 7.61. The van der Waals surface area contributed by atoms with Gasteiger partial charge >= 0.3 is 0 Å². The molecule has 1 aromatic carbocycles. The Hall–Kier alpha value is -2.50. The number of ether oxygens (including phenoxy) is 2. The van der Waals surface area contributed by atoms with Crippen LogP contribution in [0.15, 0.2) is 18.2 Å². The highest BCUT2D eigenvalue weighted by Crippen LogP contribution is 2.37. The summed E-state index contributed by atoms with van der Waals surface area (Å²) in [5.41, 5.74) is 1.28. The lowest BCUT2D eigenvalue weighted by atomic mass is 9.74. The molecule has 5 unspecified atom stereocenters. The first-order valence-corrected chi connectivity index (χ1v) is 12.1. The molecule has 0 radical (unpaired) electrons. The Morgan fingerprint density at radius 2 is 2.15 bits per heavy atom. The molecule has 2 saturated heterocycles. The number of anilines is 1. The molecule has 0 spiro atoms. The quantitative estimate of drug-likeness (QED) is 0.561. The van der Waals surface area contributed by atoms with Gasteiger partial charge in [0.25, 0.3) is 0 Å². The van der Waals surface area contributed by atoms with Crippen molar-refractivity contribution in [1.82, 2.24) is 10.2 Å². The number of rotatable bonds is 8. The molecule has 3 aliphatic rings. The van der Waals surface area contributed by atoms with Gasteiger partial charge in [0.1, 0.15) is 11.8 Å². The Balaban J connectivity index is 1.27. The Morgan fingerprint density at radius 3 is 2.88 bits per heavy atom. The predicted molar refractivity (Wildman–Crippen MR) is 124 cm³/mol. The first-order valence-electron chi connectivity index (χ1n) is 11.6. The second-order valence-electron chi connectivity index (χ2n) is 9.10. The number of methoxy groups -OCH3 is 1. The lowest BCUT2D eigenvalue weighted by Crippen LogP contribution is -2.56. The molecular weight excluding hydrogens is 444 g/mol. The third kappa shape index (κ3) is 5.53. The van der Waals surface area contributed by atoms with E-state index in [1.54, 1.807) is 12.1 Å². The number of nitrogens with one attached hydrogen (secondary N) is 2. The molecule has 0 bridgehead atoms. The molecule has 8 nitrogen and oxygen atoms in total. The number of piperidine rings is 1. The minimum absolute atomic E-state index is 0.0406. The summed E-state index contributed by atoms with van der Waals surface area (Å²) in [5.74, 6) is 0.901. The zero-order valence-electron chi connectivity index (χ0n) is 18.9. The SMILES string of the molecule is COc1cc(NCC2CC3CC(Cl)C(OCCN4CCCC4=O)CC3NC2=O)ccc1C#N. The minimum Gasteiger partial charge on any atom is -0.495 e. The van der Waals surface area contributed by atoms with E-state index in [0.29, 0.717) is 49.8 Å². The number of fused-ring (bicyclic) bond motifs is 1. The molecule has 3 fully saturated rings. The van der Waals surface area contributed by atoms with Gasteiger partial charge in [0.05, 0.1) is 36.7 Å². The van der Waals surface area contributed by atoms with Crippen LogP contribution in [0.2, 0.25) is 0 Å². The molecule has 1 aliphatic carbocycles. The number of likely N-dealkylation sites (tertiary alicyclic amines) is 1. The van der Waals surface area contributed by atoms with Crippen molar-refractivity contribution in [2.45, 2.75) is 49.6 Å². The molecule has 2 aliphatic heterocycles. The van der Waals surface area contributed by atoms with Crippen molar-refractivity contribution in [2.75, 3.05) is 38.7 Å². The molecular formula is C24H31ClN4O4. The highest BCUT2D eigenvalue weighted by Gasteiger charge is 2.43. The highest BCUT2D eigenvalue weighted by molar-refractivity contribution is 6.21. The number of hydrogen-bond donors (Lipinski definition) is 2. The van der Waals surface area contributed by atoms with Gasteiger partial charge in [0.15, 0.2) is 0 Å². The second-order valence-corrected chi connectivity index (χ2v) is 9.66. The van der Waals surface area contributed by atoms with E-state index in [0.717, 1.165) is 31.5 Å². The predicted octanol–water partition coefficient (Wildman–Crippen LogP) is 2.51. The smallest absolute Gasteiger partial charge is 0.225 e. The molecule has 9 heteroatoms. The summed E-state index contributed by atoms with van der Waals surface area (Å²) >= 11 is 6.67. The number of alkyl halides is 1. The average Bonchev–Trinajstić information content (AvgIpc) is 3.22. The third-order valence-electron chi connectivity index (χ3n) is 7.01. The van der Waals surface area contributed by atoms with Crippen LogP contribution in [-0.2, 0) is 14.3 Å². The molecule has 178 valence electrons. The van der Waals surface area contributed by atoms with E-state index in [-0.39, 0.29) is 35.3 Å². The molecule has 0 aromatic heterocycles. The summed E-state index contributed by atoms with van der Waals surface area (Å²) in [6, 6.07) is 7.46. The molecule has 33 heavy (non-hydrogen) atoms. The zero-order valence-corrected chi connectivity index (χ0v) is 19.6. The molecule has 5 atom stereocenters. The fraction of sp³-hybridized carbons (Fsp3) is 0.625. The van der Waals surface area contributed by atoms with Gasteiger partial charge in [0, 0.05) is 43.9 Å². The topological polar surface area (TPSA) is 104 Å². The Morgan fingerprint density at radius 1 is 1.30 bits per heavy atom. The number of carbonyl (C=O) groups is 2. The third-order valence-corrected chi connectivity index (χ3v) is 7.47. The van der Waals surface area contributed by atoms with Gasteiger partial charge in [-0.1, -0.05) is 0 Å². The summed E-state index contributed by atoms with van der Waals surface area (Å²) in [5, 5.41) is 15.5. The van der Waals surface area contributed by atoms with Crippen LogP contribution >= 0.6 is 11.6 Å². The lowest BCUT2D eigenvalue weighted by Gasteiger charge is -2.44. The van der Waals surface area contributed by atoms with E-state index < -0.39 is 0 Å². The van der Waals surface area contributed by atoms with Crippen molar-refractivity contribution in [3.8, 4) is 11.8 Å². The monoisotopic (exact) mass is 474 g/mol. The van der Waals surface area contributed by atoms with E-state index in [1.165, 1.54) is 7.11 Å². The zero-order chi connectivity index (χ0) is 23.4. The first-order chi connectivity index (χ1) is 16.0. The Bertz CT molecular complexity index is 920. The van der Waals surface area contributed by atoms with E-state index in [9.17, 15) is 9.59 Å². The maximum atomic E-state index is 12.8.